The number of carbonyl (C=O) groups excluding carboxylic acids is 2. The number of carbonyl (C=O) groups is 2. The molecule has 2 rings (SSSR count). The molecule has 0 saturated heterocycles. The molecule has 5 N–H and O–H groups in total. The highest BCUT2D eigenvalue weighted by atomic mass is 16.4. The van der Waals surface area contributed by atoms with Crippen LogP contribution >= 0.6 is 0 Å². The number of hydrogen-bond donors (Lipinski definition) is 3. The lowest BCUT2D eigenvalue weighted by Gasteiger charge is -1.97. The van der Waals surface area contributed by atoms with Gasteiger partial charge in [-0.15, -0.1) is 0 Å². The van der Waals surface area contributed by atoms with Gasteiger partial charge in [-0.25, -0.2) is 4.79 Å². The lowest BCUT2D eigenvalue weighted by Crippen LogP contribution is -2.21. The highest BCUT2D eigenvalue weighted by molar-refractivity contribution is 6.01. The van der Waals surface area contributed by atoms with Crippen molar-refractivity contribution in [2.24, 2.45) is 11.5 Å². The lowest BCUT2D eigenvalue weighted by molar-refractivity contribution is 0.0976. The van der Waals surface area contributed by atoms with Gasteiger partial charge in [0.1, 0.15) is 5.76 Å². The van der Waals surface area contributed by atoms with E-state index in [4.69, 9.17) is 15.9 Å². The van der Waals surface area contributed by atoms with Crippen molar-refractivity contribution in [3.05, 3.63) is 42.2 Å². The summed E-state index contributed by atoms with van der Waals surface area (Å²) in [6.07, 6.45) is 0. The van der Waals surface area contributed by atoms with Crippen molar-refractivity contribution in [3.8, 4) is 11.3 Å². The van der Waals surface area contributed by atoms with Crippen molar-refractivity contribution in [2.45, 2.75) is 0 Å². The monoisotopic (exact) mass is 245 g/mol. The molecule has 0 radical (unpaired) electrons. The third kappa shape index (κ3) is 2.32. The average Bonchev–Trinajstić information content (AvgIpc) is 2.73. The van der Waals surface area contributed by atoms with E-state index < -0.39 is 11.9 Å². The van der Waals surface area contributed by atoms with Gasteiger partial charge in [-0.3, -0.25) is 4.79 Å². The summed E-state index contributed by atoms with van der Waals surface area (Å²) in [5, 5.41) is 2.29. The minimum absolute atomic E-state index is 0.132. The molecule has 3 amide bonds. The second kappa shape index (κ2) is 4.62. The van der Waals surface area contributed by atoms with Crippen LogP contribution < -0.4 is 16.8 Å². The Morgan fingerprint density at radius 3 is 2.33 bits per heavy atom. The molecule has 0 bridgehead atoms. The number of furan rings is 1. The van der Waals surface area contributed by atoms with Crippen LogP contribution in [-0.4, -0.2) is 11.9 Å². The summed E-state index contributed by atoms with van der Waals surface area (Å²) in [7, 11) is 0. The summed E-state index contributed by atoms with van der Waals surface area (Å²) in [4.78, 5) is 22.0. The topological polar surface area (TPSA) is 111 Å². The summed E-state index contributed by atoms with van der Waals surface area (Å²) in [6.45, 7) is 0. The molecule has 1 heterocycles. The van der Waals surface area contributed by atoms with Gasteiger partial charge in [-0.05, 0) is 0 Å². The van der Waals surface area contributed by atoms with Gasteiger partial charge in [0.15, 0.2) is 0 Å². The van der Waals surface area contributed by atoms with E-state index in [2.05, 4.69) is 5.32 Å². The first-order valence-corrected chi connectivity index (χ1v) is 5.13. The SMILES string of the molecule is NC(=O)Nc1cc(-c2ccccc2)oc1C(N)=O. The van der Waals surface area contributed by atoms with E-state index in [9.17, 15) is 9.59 Å². The zero-order valence-electron chi connectivity index (χ0n) is 9.34. The van der Waals surface area contributed by atoms with Crippen molar-refractivity contribution in [3.63, 3.8) is 0 Å². The number of nitrogens with one attached hydrogen (secondary N) is 1. The maximum Gasteiger partial charge on any atom is 0.316 e. The van der Waals surface area contributed by atoms with Crippen LogP contribution in [0.4, 0.5) is 10.5 Å². The molecule has 2 aromatic rings. The summed E-state index contributed by atoms with van der Waals surface area (Å²) >= 11 is 0. The predicted molar refractivity (Wildman–Crippen MR) is 65.9 cm³/mol. The van der Waals surface area contributed by atoms with Gasteiger partial charge < -0.3 is 21.2 Å². The molecule has 18 heavy (non-hydrogen) atoms. The molecular weight excluding hydrogens is 234 g/mol. The number of amides is 3. The van der Waals surface area contributed by atoms with Crippen LogP contribution in [0.2, 0.25) is 0 Å². The molecule has 6 heteroatoms. The van der Waals surface area contributed by atoms with Crippen LogP contribution in [-0.2, 0) is 0 Å². The molecule has 92 valence electrons. The van der Waals surface area contributed by atoms with Gasteiger partial charge in [-0.1, -0.05) is 30.3 Å². The second-order valence-electron chi connectivity index (χ2n) is 3.57. The molecule has 0 fully saturated rings. The zero-order chi connectivity index (χ0) is 13.1. The third-order valence-electron chi connectivity index (χ3n) is 2.27. The van der Waals surface area contributed by atoms with E-state index in [1.54, 1.807) is 12.1 Å². The maximum absolute atomic E-state index is 11.2. The van der Waals surface area contributed by atoms with Crippen molar-refractivity contribution in [2.75, 3.05) is 5.32 Å². The first kappa shape index (κ1) is 11.7. The van der Waals surface area contributed by atoms with Crippen LogP contribution in [0.15, 0.2) is 40.8 Å². The van der Waals surface area contributed by atoms with Crippen molar-refractivity contribution in [1.29, 1.82) is 0 Å². The summed E-state index contributed by atoms with van der Waals surface area (Å²) < 4.78 is 5.32. The van der Waals surface area contributed by atoms with Crippen LogP contribution in [0.25, 0.3) is 11.3 Å². The zero-order valence-corrected chi connectivity index (χ0v) is 9.34. The van der Waals surface area contributed by atoms with E-state index >= 15 is 0 Å². The Morgan fingerprint density at radius 2 is 1.78 bits per heavy atom. The smallest absolute Gasteiger partial charge is 0.316 e. The number of rotatable bonds is 3. The Bertz CT molecular complexity index is 590. The Kier molecular flexibility index (Phi) is 3.01. The van der Waals surface area contributed by atoms with Crippen molar-refractivity contribution in [1.82, 2.24) is 0 Å². The van der Waals surface area contributed by atoms with Crippen molar-refractivity contribution >= 4 is 17.6 Å². The third-order valence-corrected chi connectivity index (χ3v) is 2.27. The molecule has 0 atom stereocenters. The molecule has 0 aliphatic rings. The molecule has 0 aliphatic carbocycles. The standard InChI is InChI=1S/C12H11N3O3/c13-11(16)10-8(15-12(14)17)6-9(18-10)7-4-2-1-3-5-7/h1-6H,(H2,13,16)(H3,14,15,17). The summed E-state index contributed by atoms with van der Waals surface area (Å²) in [5.41, 5.74) is 11.1. The van der Waals surface area contributed by atoms with Gasteiger partial charge >= 0.3 is 6.03 Å². The van der Waals surface area contributed by atoms with E-state index in [0.717, 1.165) is 5.56 Å². The molecule has 6 nitrogen and oxygen atoms in total. The fraction of sp³-hybridized carbons (Fsp3) is 0. The molecule has 1 aromatic carbocycles. The number of primary amides is 2. The number of urea groups is 1. The van der Waals surface area contributed by atoms with Crippen LogP contribution in [0, 0.1) is 0 Å². The first-order chi connectivity index (χ1) is 8.58. The number of hydrogen-bond acceptors (Lipinski definition) is 3. The molecule has 0 saturated carbocycles. The number of anilines is 1. The molecule has 0 spiro atoms. The van der Waals surface area contributed by atoms with Gasteiger partial charge in [0.2, 0.25) is 5.76 Å². The van der Waals surface area contributed by atoms with Gasteiger partial charge in [-0.2, -0.15) is 0 Å². The molecule has 0 aliphatic heterocycles. The minimum Gasteiger partial charge on any atom is -0.449 e. The lowest BCUT2D eigenvalue weighted by atomic mass is 10.2. The van der Waals surface area contributed by atoms with E-state index in [1.807, 2.05) is 18.2 Å². The fourth-order valence-corrected chi connectivity index (χ4v) is 1.54. The summed E-state index contributed by atoms with van der Waals surface area (Å²) in [5.74, 6) is -0.485. The highest BCUT2D eigenvalue weighted by Gasteiger charge is 2.17. The summed E-state index contributed by atoms with van der Waals surface area (Å²) in [6, 6.07) is 9.81. The number of benzene rings is 1. The Balaban J connectivity index is 2.45. The fourth-order valence-electron chi connectivity index (χ4n) is 1.54. The maximum atomic E-state index is 11.2. The highest BCUT2D eigenvalue weighted by Crippen LogP contribution is 2.28. The normalized spacial score (nSPS) is 10.0. The van der Waals surface area contributed by atoms with Gasteiger partial charge in [0.05, 0.1) is 5.69 Å². The van der Waals surface area contributed by atoms with Crippen LogP contribution in [0.5, 0.6) is 0 Å². The Hall–Kier alpha value is -2.76. The molecule has 0 unspecified atom stereocenters. The number of nitrogens with two attached hydrogens (primary N) is 2. The largest absolute Gasteiger partial charge is 0.449 e. The van der Waals surface area contributed by atoms with Crippen LogP contribution in [0.1, 0.15) is 10.6 Å². The second-order valence-corrected chi connectivity index (χ2v) is 3.57. The molecular formula is C12H11N3O3. The Labute approximate surface area is 103 Å². The first-order valence-electron chi connectivity index (χ1n) is 5.13. The van der Waals surface area contributed by atoms with E-state index in [-0.39, 0.29) is 11.4 Å². The van der Waals surface area contributed by atoms with Gasteiger partial charge in [0, 0.05) is 11.6 Å². The van der Waals surface area contributed by atoms with Crippen LogP contribution in [0.3, 0.4) is 0 Å². The predicted octanol–water partition coefficient (Wildman–Crippen LogP) is 1.54. The van der Waals surface area contributed by atoms with E-state index in [1.165, 1.54) is 6.07 Å². The quantitative estimate of drug-likeness (QED) is 0.762. The Morgan fingerprint density at radius 1 is 1.11 bits per heavy atom. The average molecular weight is 245 g/mol. The minimum atomic E-state index is -0.794. The van der Waals surface area contributed by atoms with Crippen molar-refractivity contribution < 1.29 is 14.0 Å². The van der Waals surface area contributed by atoms with Gasteiger partial charge in [0.25, 0.3) is 5.91 Å². The van der Waals surface area contributed by atoms with E-state index in [0.29, 0.717) is 5.76 Å². The molecule has 1 aromatic heterocycles.